The summed E-state index contributed by atoms with van der Waals surface area (Å²) in [6.45, 7) is 1.39. The minimum atomic E-state index is -3.26. The Balaban J connectivity index is 1.66. The maximum absolute atomic E-state index is 12.2. The van der Waals surface area contributed by atoms with E-state index in [1.165, 1.54) is 6.26 Å². The summed E-state index contributed by atoms with van der Waals surface area (Å²) in [5.74, 6) is 0.604. The Hall–Kier alpha value is -1.02. The molecule has 1 aliphatic heterocycles. The molecule has 1 aromatic rings. The standard InChI is InChI=1S/C13H19N3O3S2/c1-21(18,19)13-11(14-15-20-13)9-5-7-16(8-6-9)12(17)10-3-2-4-10/h9-10H,2-8H2,1H3. The van der Waals surface area contributed by atoms with E-state index in [4.69, 9.17) is 0 Å². The summed E-state index contributed by atoms with van der Waals surface area (Å²) in [6.07, 6.45) is 5.94. The van der Waals surface area contributed by atoms with Gasteiger partial charge >= 0.3 is 0 Å². The van der Waals surface area contributed by atoms with E-state index >= 15 is 0 Å². The fourth-order valence-corrected chi connectivity index (χ4v) is 4.71. The van der Waals surface area contributed by atoms with Crippen LogP contribution in [0.2, 0.25) is 0 Å². The molecule has 3 rings (SSSR count). The molecule has 0 bridgehead atoms. The maximum atomic E-state index is 12.2. The van der Waals surface area contributed by atoms with Gasteiger partial charge in [-0.25, -0.2) is 8.42 Å². The molecule has 2 aliphatic rings. The number of likely N-dealkylation sites (tertiary alicyclic amines) is 1. The first-order valence-corrected chi connectivity index (χ1v) is 9.94. The zero-order chi connectivity index (χ0) is 15.0. The van der Waals surface area contributed by atoms with Crippen molar-refractivity contribution in [1.29, 1.82) is 0 Å². The summed E-state index contributed by atoms with van der Waals surface area (Å²) in [7, 11) is -3.26. The van der Waals surface area contributed by atoms with Gasteiger partial charge in [0.1, 0.15) is 0 Å². The van der Waals surface area contributed by atoms with E-state index in [1.54, 1.807) is 0 Å². The molecule has 0 aromatic carbocycles. The number of carbonyl (C=O) groups is 1. The van der Waals surface area contributed by atoms with E-state index in [-0.39, 0.29) is 22.0 Å². The summed E-state index contributed by atoms with van der Waals surface area (Å²) in [5.41, 5.74) is 0.596. The number of amides is 1. The number of piperidine rings is 1. The number of nitrogens with zero attached hydrogens (tertiary/aromatic N) is 3. The van der Waals surface area contributed by atoms with Crippen LogP contribution in [0.25, 0.3) is 0 Å². The van der Waals surface area contributed by atoms with Crippen molar-refractivity contribution < 1.29 is 13.2 Å². The third kappa shape index (κ3) is 2.96. The van der Waals surface area contributed by atoms with Gasteiger partial charge in [0.15, 0.2) is 14.0 Å². The number of aromatic nitrogens is 2. The second-order valence-corrected chi connectivity index (χ2v) is 8.91. The zero-order valence-electron chi connectivity index (χ0n) is 12.0. The molecule has 116 valence electrons. The Morgan fingerprint density at radius 1 is 1.24 bits per heavy atom. The third-order valence-electron chi connectivity index (χ3n) is 4.47. The normalized spacial score (nSPS) is 21.3. The monoisotopic (exact) mass is 329 g/mol. The fourth-order valence-electron chi connectivity index (χ4n) is 2.98. The van der Waals surface area contributed by atoms with Crippen LogP contribution in [0.4, 0.5) is 0 Å². The topological polar surface area (TPSA) is 80.2 Å². The summed E-state index contributed by atoms with van der Waals surface area (Å²) in [4.78, 5) is 14.1. The third-order valence-corrected chi connectivity index (χ3v) is 7.02. The lowest BCUT2D eigenvalue weighted by molar-refractivity contribution is -0.139. The first-order chi connectivity index (χ1) is 9.97. The minimum Gasteiger partial charge on any atom is -0.342 e. The molecular weight excluding hydrogens is 310 g/mol. The van der Waals surface area contributed by atoms with Crippen molar-refractivity contribution in [3.63, 3.8) is 0 Å². The molecule has 1 saturated carbocycles. The Labute approximate surface area is 128 Å². The molecule has 21 heavy (non-hydrogen) atoms. The highest BCUT2D eigenvalue weighted by atomic mass is 32.2. The van der Waals surface area contributed by atoms with E-state index in [9.17, 15) is 13.2 Å². The van der Waals surface area contributed by atoms with Gasteiger partial charge in [-0.1, -0.05) is 10.9 Å². The molecule has 6 nitrogen and oxygen atoms in total. The predicted molar refractivity (Wildman–Crippen MR) is 78.9 cm³/mol. The van der Waals surface area contributed by atoms with Gasteiger partial charge in [0.05, 0.1) is 5.69 Å². The molecule has 1 aliphatic carbocycles. The second kappa shape index (κ2) is 5.64. The summed E-state index contributed by atoms with van der Waals surface area (Å²) in [6, 6.07) is 0. The van der Waals surface area contributed by atoms with Crippen LogP contribution in [0.1, 0.15) is 43.7 Å². The van der Waals surface area contributed by atoms with Crippen LogP contribution in [0, 0.1) is 5.92 Å². The van der Waals surface area contributed by atoms with Gasteiger partial charge in [-0.2, -0.15) is 0 Å². The molecule has 0 spiro atoms. The second-order valence-electron chi connectivity index (χ2n) is 5.95. The number of carbonyl (C=O) groups excluding carboxylic acids is 1. The molecule has 0 atom stereocenters. The number of hydrogen-bond donors (Lipinski definition) is 0. The molecule has 1 amide bonds. The van der Waals surface area contributed by atoms with Crippen molar-refractivity contribution >= 4 is 27.3 Å². The molecule has 0 unspecified atom stereocenters. The van der Waals surface area contributed by atoms with E-state index in [0.29, 0.717) is 18.8 Å². The van der Waals surface area contributed by atoms with E-state index in [2.05, 4.69) is 9.59 Å². The summed E-state index contributed by atoms with van der Waals surface area (Å²) >= 11 is 0.945. The number of sulfone groups is 1. The first-order valence-electron chi connectivity index (χ1n) is 7.28. The summed E-state index contributed by atoms with van der Waals surface area (Å²) < 4.78 is 27.5. The largest absolute Gasteiger partial charge is 0.342 e. The van der Waals surface area contributed by atoms with E-state index in [0.717, 1.165) is 43.6 Å². The van der Waals surface area contributed by atoms with Crippen molar-refractivity contribution in [2.45, 2.75) is 42.2 Å². The van der Waals surface area contributed by atoms with Crippen LogP contribution >= 0.6 is 11.5 Å². The molecule has 1 saturated heterocycles. The number of hydrogen-bond acceptors (Lipinski definition) is 6. The minimum absolute atomic E-state index is 0.0962. The van der Waals surface area contributed by atoms with Crippen molar-refractivity contribution in [3.05, 3.63) is 5.69 Å². The Kier molecular flexibility index (Phi) is 4.00. The highest BCUT2D eigenvalue weighted by molar-refractivity contribution is 7.92. The summed E-state index contributed by atoms with van der Waals surface area (Å²) in [5, 5.41) is 4.02. The van der Waals surface area contributed by atoms with Crippen LogP contribution in [-0.2, 0) is 14.6 Å². The van der Waals surface area contributed by atoms with Gasteiger partial charge in [-0.3, -0.25) is 4.79 Å². The zero-order valence-corrected chi connectivity index (χ0v) is 13.6. The Morgan fingerprint density at radius 2 is 1.90 bits per heavy atom. The number of rotatable bonds is 3. The van der Waals surface area contributed by atoms with Crippen LogP contribution in [-0.4, -0.2) is 48.2 Å². The Bertz CT molecular complexity index is 629. The fraction of sp³-hybridized carbons (Fsp3) is 0.769. The van der Waals surface area contributed by atoms with Gasteiger partial charge < -0.3 is 4.90 Å². The maximum Gasteiger partial charge on any atom is 0.225 e. The van der Waals surface area contributed by atoms with Crippen LogP contribution in [0.15, 0.2) is 4.21 Å². The van der Waals surface area contributed by atoms with E-state index in [1.807, 2.05) is 4.90 Å². The lowest BCUT2D eigenvalue weighted by atomic mass is 9.83. The van der Waals surface area contributed by atoms with Gasteiger partial charge in [0.2, 0.25) is 5.91 Å². The molecular formula is C13H19N3O3S2. The molecule has 1 aromatic heterocycles. The van der Waals surface area contributed by atoms with Gasteiger partial charge in [0.25, 0.3) is 0 Å². The average Bonchev–Trinajstić information content (AvgIpc) is 2.86. The van der Waals surface area contributed by atoms with Crippen LogP contribution in [0.5, 0.6) is 0 Å². The highest BCUT2D eigenvalue weighted by Gasteiger charge is 2.34. The SMILES string of the molecule is CS(=O)(=O)c1snnc1C1CCN(C(=O)C2CCC2)CC1. The molecule has 8 heteroatoms. The Morgan fingerprint density at radius 3 is 2.43 bits per heavy atom. The van der Waals surface area contributed by atoms with Gasteiger partial charge in [0, 0.05) is 42.7 Å². The van der Waals surface area contributed by atoms with Crippen molar-refractivity contribution in [2.24, 2.45) is 5.92 Å². The molecule has 0 radical (unpaired) electrons. The van der Waals surface area contributed by atoms with Crippen molar-refractivity contribution in [3.8, 4) is 0 Å². The average molecular weight is 329 g/mol. The molecule has 2 heterocycles. The molecule has 2 fully saturated rings. The van der Waals surface area contributed by atoms with E-state index < -0.39 is 9.84 Å². The van der Waals surface area contributed by atoms with Crippen molar-refractivity contribution in [2.75, 3.05) is 19.3 Å². The van der Waals surface area contributed by atoms with Gasteiger partial charge in [-0.05, 0) is 25.7 Å². The predicted octanol–water partition coefficient (Wildman–Crippen LogP) is 1.45. The van der Waals surface area contributed by atoms with Crippen LogP contribution < -0.4 is 0 Å². The van der Waals surface area contributed by atoms with Crippen molar-refractivity contribution in [1.82, 2.24) is 14.5 Å². The molecule has 0 N–H and O–H groups in total. The van der Waals surface area contributed by atoms with Gasteiger partial charge in [-0.15, -0.1) is 5.10 Å². The highest BCUT2D eigenvalue weighted by Crippen LogP contribution is 2.34. The lowest BCUT2D eigenvalue weighted by Gasteiger charge is -2.36. The lowest BCUT2D eigenvalue weighted by Crippen LogP contribution is -2.43. The van der Waals surface area contributed by atoms with Crippen LogP contribution in [0.3, 0.4) is 0 Å². The first kappa shape index (κ1) is 14.9. The smallest absolute Gasteiger partial charge is 0.225 e. The quantitative estimate of drug-likeness (QED) is 0.838.